The van der Waals surface area contributed by atoms with Crippen molar-refractivity contribution in [3.8, 4) is 5.75 Å². The number of rotatable bonds is 7. The zero-order valence-corrected chi connectivity index (χ0v) is 19.6. The summed E-state index contributed by atoms with van der Waals surface area (Å²) in [6.07, 6.45) is 1.93. The Labute approximate surface area is 198 Å². The Morgan fingerprint density at radius 2 is 1.71 bits per heavy atom. The van der Waals surface area contributed by atoms with Crippen molar-refractivity contribution in [2.75, 3.05) is 7.11 Å². The molecule has 1 aromatic rings. The number of amides is 1. The van der Waals surface area contributed by atoms with Crippen LogP contribution >= 0.6 is 0 Å². The summed E-state index contributed by atoms with van der Waals surface area (Å²) < 4.78 is 16.4. The second-order valence-corrected chi connectivity index (χ2v) is 9.24. The van der Waals surface area contributed by atoms with Gasteiger partial charge in [0.1, 0.15) is 23.7 Å². The van der Waals surface area contributed by atoms with E-state index in [1.165, 1.54) is 18.9 Å². The number of nitrogens with zero attached hydrogens (tertiary/aromatic N) is 1. The average Bonchev–Trinajstić information content (AvgIpc) is 3.11. The summed E-state index contributed by atoms with van der Waals surface area (Å²) >= 11 is 0. The van der Waals surface area contributed by atoms with E-state index in [1.54, 1.807) is 31.2 Å². The fourth-order valence-corrected chi connectivity index (χ4v) is 5.53. The minimum Gasteiger partial charge on any atom is -0.497 e. The van der Waals surface area contributed by atoms with Crippen LogP contribution in [-0.2, 0) is 19.1 Å². The Kier molecular flexibility index (Phi) is 6.84. The fourth-order valence-electron chi connectivity index (χ4n) is 5.53. The van der Waals surface area contributed by atoms with E-state index in [9.17, 15) is 24.6 Å². The molecule has 1 saturated heterocycles. The van der Waals surface area contributed by atoms with E-state index in [2.05, 4.69) is 0 Å². The van der Waals surface area contributed by atoms with Gasteiger partial charge < -0.3 is 29.3 Å². The van der Waals surface area contributed by atoms with Gasteiger partial charge in [0.2, 0.25) is 5.91 Å². The van der Waals surface area contributed by atoms with Crippen LogP contribution in [0, 0.1) is 11.8 Å². The molecule has 1 aliphatic carbocycles. The highest BCUT2D eigenvalue weighted by molar-refractivity contribution is 6.06. The molecule has 1 aromatic carbocycles. The monoisotopic (exact) mass is 473 g/mol. The van der Waals surface area contributed by atoms with Crippen molar-refractivity contribution < 1.29 is 38.8 Å². The molecule has 1 amide bonds. The third-order valence-corrected chi connectivity index (χ3v) is 7.11. The van der Waals surface area contributed by atoms with Gasteiger partial charge in [-0.25, -0.2) is 9.59 Å². The summed E-state index contributed by atoms with van der Waals surface area (Å²) in [5.41, 5.74) is 0.804. The minimum absolute atomic E-state index is 0.154. The Hall–Kier alpha value is -3.07. The lowest BCUT2D eigenvalue weighted by atomic mass is 9.74. The second-order valence-electron chi connectivity index (χ2n) is 9.24. The first kappa shape index (κ1) is 24.1. The number of hydrogen-bond acceptors (Lipinski definition) is 7. The number of fused-ring (bicyclic) bond motifs is 1. The van der Waals surface area contributed by atoms with E-state index in [-0.39, 0.29) is 11.8 Å². The number of benzene rings is 1. The molecule has 3 aliphatic rings. The number of carbonyl (C=O) groups excluding carboxylic acids is 2. The maximum absolute atomic E-state index is 12.8. The topological polar surface area (TPSA) is 123 Å². The second kappa shape index (κ2) is 9.66. The van der Waals surface area contributed by atoms with Gasteiger partial charge in [0.05, 0.1) is 25.2 Å². The van der Waals surface area contributed by atoms with Gasteiger partial charge in [-0.15, -0.1) is 0 Å². The molecule has 0 bridgehead atoms. The van der Waals surface area contributed by atoms with Crippen LogP contribution in [0.5, 0.6) is 5.75 Å². The standard InChI is InChI=1S/C25H31NO8/c1-13(27)18-21-19(14(2)33-25(31)34-17-7-5-4-6-8-17)20(15-9-11-16(32-3)12-10-15)22(24(29)30)26(21)23(18)28/h9-14,17-19,21,27H,4-8H2,1-3H3,(H,29,30)/t13-,14?,18-,19?,21+/m1/s1. The van der Waals surface area contributed by atoms with Gasteiger partial charge in [0, 0.05) is 5.92 Å². The first-order chi connectivity index (χ1) is 16.2. The molecule has 9 nitrogen and oxygen atoms in total. The first-order valence-electron chi connectivity index (χ1n) is 11.7. The lowest BCUT2D eigenvalue weighted by Crippen LogP contribution is -2.65. The highest BCUT2D eigenvalue weighted by atomic mass is 16.7. The number of β-lactam (4-membered cyclic amide) rings is 1. The molecule has 2 unspecified atom stereocenters. The van der Waals surface area contributed by atoms with Crippen LogP contribution in [0.4, 0.5) is 4.79 Å². The Balaban J connectivity index is 1.67. The van der Waals surface area contributed by atoms with E-state index in [0.29, 0.717) is 16.9 Å². The van der Waals surface area contributed by atoms with Crippen molar-refractivity contribution in [1.29, 1.82) is 0 Å². The zero-order chi connectivity index (χ0) is 24.6. The van der Waals surface area contributed by atoms with Crippen LogP contribution < -0.4 is 4.74 Å². The maximum atomic E-state index is 12.8. The van der Waals surface area contributed by atoms with Crippen molar-refractivity contribution in [1.82, 2.24) is 4.90 Å². The fraction of sp³-hybridized carbons (Fsp3) is 0.560. The molecule has 184 valence electrons. The predicted octanol–water partition coefficient (Wildman–Crippen LogP) is 3.20. The van der Waals surface area contributed by atoms with Crippen molar-refractivity contribution in [3.63, 3.8) is 0 Å². The van der Waals surface area contributed by atoms with E-state index in [1.807, 2.05) is 0 Å². The number of carboxylic acids is 1. The number of methoxy groups -OCH3 is 1. The smallest absolute Gasteiger partial charge is 0.497 e. The molecule has 4 rings (SSSR count). The normalized spacial score (nSPS) is 26.4. The molecule has 5 atom stereocenters. The van der Waals surface area contributed by atoms with Crippen molar-refractivity contribution in [3.05, 3.63) is 35.5 Å². The van der Waals surface area contributed by atoms with Crippen molar-refractivity contribution >= 4 is 23.6 Å². The lowest BCUT2D eigenvalue weighted by molar-refractivity contribution is -0.165. The van der Waals surface area contributed by atoms with E-state index < -0.39 is 48.1 Å². The quantitative estimate of drug-likeness (QED) is 0.457. The number of carboxylic acid groups (broad SMARTS) is 1. The van der Waals surface area contributed by atoms with Gasteiger partial charge in [-0.1, -0.05) is 18.6 Å². The van der Waals surface area contributed by atoms with E-state index >= 15 is 0 Å². The van der Waals surface area contributed by atoms with Gasteiger partial charge >= 0.3 is 12.1 Å². The molecule has 2 fully saturated rings. The van der Waals surface area contributed by atoms with Crippen LogP contribution in [0.15, 0.2) is 30.0 Å². The number of aliphatic carboxylic acids is 1. The molecule has 2 N–H and O–H groups in total. The van der Waals surface area contributed by atoms with Crippen LogP contribution in [0.2, 0.25) is 0 Å². The SMILES string of the molecule is COc1ccc(C2=C(C(=O)O)N3C(=O)[C@H]([C@@H](C)O)[C@H]3C2C(C)OC(=O)OC2CCCCC2)cc1. The van der Waals surface area contributed by atoms with Gasteiger partial charge in [0.25, 0.3) is 0 Å². The lowest BCUT2D eigenvalue weighted by Gasteiger charge is -2.47. The number of aliphatic hydroxyl groups is 1. The summed E-state index contributed by atoms with van der Waals surface area (Å²) in [6.45, 7) is 3.17. The maximum Gasteiger partial charge on any atom is 0.508 e. The van der Waals surface area contributed by atoms with Gasteiger partial charge in [-0.2, -0.15) is 0 Å². The number of ether oxygens (including phenoxy) is 3. The average molecular weight is 474 g/mol. The Morgan fingerprint density at radius 3 is 2.26 bits per heavy atom. The molecule has 2 aliphatic heterocycles. The molecule has 0 spiro atoms. The third-order valence-electron chi connectivity index (χ3n) is 7.11. The molecular weight excluding hydrogens is 442 g/mol. The van der Waals surface area contributed by atoms with Crippen molar-refractivity contribution in [2.24, 2.45) is 11.8 Å². The number of aliphatic hydroxyl groups excluding tert-OH is 1. The van der Waals surface area contributed by atoms with Gasteiger partial charge in [-0.3, -0.25) is 4.79 Å². The number of carbonyl (C=O) groups is 3. The summed E-state index contributed by atoms with van der Waals surface area (Å²) in [5.74, 6) is -2.57. The molecule has 34 heavy (non-hydrogen) atoms. The number of hydrogen-bond donors (Lipinski definition) is 2. The summed E-state index contributed by atoms with van der Waals surface area (Å²) in [4.78, 5) is 38.9. The minimum atomic E-state index is -1.26. The first-order valence-corrected chi connectivity index (χ1v) is 11.7. The third kappa shape index (κ3) is 4.24. The van der Waals surface area contributed by atoms with Crippen LogP contribution in [0.1, 0.15) is 51.5 Å². The highest BCUT2D eigenvalue weighted by Crippen LogP contribution is 2.52. The van der Waals surface area contributed by atoms with Crippen LogP contribution in [0.25, 0.3) is 5.57 Å². The van der Waals surface area contributed by atoms with Crippen LogP contribution in [-0.4, -0.2) is 64.6 Å². The van der Waals surface area contributed by atoms with Crippen molar-refractivity contribution in [2.45, 2.75) is 70.3 Å². The molecule has 9 heteroatoms. The predicted molar refractivity (Wildman–Crippen MR) is 121 cm³/mol. The summed E-state index contributed by atoms with van der Waals surface area (Å²) in [7, 11) is 1.53. The highest BCUT2D eigenvalue weighted by Gasteiger charge is 2.62. The zero-order valence-electron chi connectivity index (χ0n) is 19.6. The molecule has 0 radical (unpaired) electrons. The molecular formula is C25H31NO8. The molecule has 2 heterocycles. The Morgan fingerprint density at radius 1 is 1.06 bits per heavy atom. The summed E-state index contributed by atoms with van der Waals surface area (Å²) in [5, 5.41) is 20.3. The van der Waals surface area contributed by atoms with Gasteiger partial charge in [-0.05, 0) is 62.8 Å². The largest absolute Gasteiger partial charge is 0.508 e. The van der Waals surface area contributed by atoms with E-state index in [4.69, 9.17) is 14.2 Å². The molecule has 1 saturated carbocycles. The van der Waals surface area contributed by atoms with Gasteiger partial charge in [0.15, 0.2) is 0 Å². The van der Waals surface area contributed by atoms with Crippen LogP contribution in [0.3, 0.4) is 0 Å². The molecule has 0 aromatic heterocycles. The Bertz CT molecular complexity index is 979. The van der Waals surface area contributed by atoms with E-state index in [0.717, 1.165) is 32.1 Å². The summed E-state index contributed by atoms with van der Waals surface area (Å²) in [6, 6.07) is 6.18.